The molecule has 7 heteroatoms. The van der Waals surface area contributed by atoms with Crippen molar-refractivity contribution in [1.29, 1.82) is 0 Å². The number of pyridine rings is 2. The van der Waals surface area contributed by atoms with E-state index in [1.165, 1.54) is 12.1 Å². The number of aromatic amines is 1. The monoisotopic (exact) mass is 377 g/mol. The van der Waals surface area contributed by atoms with E-state index in [1.54, 1.807) is 30.6 Å². The molecule has 0 saturated heterocycles. The summed E-state index contributed by atoms with van der Waals surface area (Å²) in [6, 6.07) is 11.8. The number of hydrogen-bond acceptors (Lipinski definition) is 3. The molecule has 4 heterocycles. The average Bonchev–Trinajstić information content (AvgIpc) is 3.23. The molecule has 0 aliphatic carbocycles. The van der Waals surface area contributed by atoms with Crippen LogP contribution in [-0.4, -0.2) is 24.3 Å². The van der Waals surface area contributed by atoms with E-state index in [9.17, 15) is 4.39 Å². The number of H-pyrrole nitrogens is 1. The number of hydrogen-bond donors (Lipinski definition) is 1. The standard InChI is InChI=1S/C20H13ClFN5/c21-13-6-8-27-17(10-18-24-15-5-7-23-11-16(15)25-18)20(26-19(27)9-13)12-1-3-14(22)4-2-12/h1-9,11H,10H2,(H,24,25). The highest BCUT2D eigenvalue weighted by molar-refractivity contribution is 6.30. The lowest BCUT2D eigenvalue weighted by Crippen LogP contribution is -1.98. The molecule has 0 aliphatic rings. The van der Waals surface area contributed by atoms with Crippen LogP contribution in [0.3, 0.4) is 0 Å². The van der Waals surface area contributed by atoms with Gasteiger partial charge in [-0.1, -0.05) is 11.6 Å². The summed E-state index contributed by atoms with van der Waals surface area (Å²) in [5.74, 6) is 0.523. The Balaban J connectivity index is 1.68. The molecule has 0 atom stereocenters. The highest BCUT2D eigenvalue weighted by atomic mass is 35.5. The third-order valence-electron chi connectivity index (χ3n) is 4.47. The fourth-order valence-corrected chi connectivity index (χ4v) is 3.38. The molecule has 0 aliphatic heterocycles. The van der Waals surface area contributed by atoms with Crippen molar-refractivity contribution in [3.05, 3.63) is 83.4 Å². The smallest absolute Gasteiger partial charge is 0.139 e. The molecule has 0 saturated carbocycles. The van der Waals surface area contributed by atoms with Crippen molar-refractivity contribution >= 4 is 28.3 Å². The number of nitrogens with one attached hydrogen (secondary N) is 1. The zero-order chi connectivity index (χ0) is 18.4. The molecule has 0 radical (unpaired) electrons. The molecule has 0 unspecified atom stereocenters. The molecule has 0 amide bonds. The van der Waals surface area contributed by atoms with Crippen molar-refractivity contribution < 1.29 is 4.39 Å². The van der Waals surface area contributed by atoms with Gasteiger partial charge in [0.1, 0.15) is 22.8 Å². The molecule has 5 rings (SSSR count). The number of halogens is 2. The Kier molecular flexibility index (Phi) is 3.65. The van der Waals surface area contributed by atoms with Crippen molar-refractivity contribution in [3.63, 3.8) is 0 Å². The molecule has 0 spiro atoms. The Labute approximate surface area is 158 Å². The van der Waals surface area contributed by atoms with Gasteiger partial charge in [0.2, 0.25) is 0 Å². The van der Waals surface area contributed by atoms with Gasteiger partial charge in [0.25, 0.3) is 0 Å². The van der Waals surface area contributed by atoms with Crippen LogP contribution >= 0.6 is 11.6 Å². The van der Waals surface area contributed by atoms with E-state index >= 15 is 0 Å². The van der Waals surface area contributed by atoms with Crippen molar-refractivity contribution in [2.24, 2.45) is 0 Å². The SMILES string of the molecule is Fc1ccc(-c2nc3cc(Cl)ccn3c2Cc2nc3cnccc3[nH]2)cc1. The van der Waals surface area contributed by atoms with Crippen LogP contribution in [0.25, 0.3) is 27.9 Å². The molecule has 27 heavy (non-hydrogen) atoms. The first-order valence-electron chi connectivity index (χ1n) is 8.38. The van der Waals surface area contributed by atoms with Gasteiger partial charge in [-0.3, -0.25) is 4.98 Å². The zero-order valence-electron chi connectivity index (χ0n) is 14.0. The van der Waals surface area contributed by atoms with Gasteiger partial charge >= 0.3 is 0 Å². The summed E-state index contributed by atoms with van der Waals surface area (Å²) in [6.07, 6.45) is 5.87. The molecule has 1 N–H and O–H groups in total. The van der Waals surface area contributed by atoms with E-state index in [-0.39, 0.29) is 5.82 Å². The van der Waals surface area contributed by atoms with E-state index in [1.807, 2.05) is 22.7 Å². The maximum atomic E-state index is 13.4. The summed E-state index contributed by atoms with van der Waals surface area (Å²) < 4.78 is 15.3. The van der Waals surface area contributed by atoms with Crippen molar-refractivity contribution in [2.75, 3.05) is 0 Å². The first-order chi connectivity index (χ1) is 13.2. The topological polar surface area (TPSA) is 58.9 Å². The molecule has 132 valence electrons. The Morgan fingerprint density at radius 3 is 2.74 bits per heavy atom. The van der Waals surface area contributed by atoms with Gasteiger partial charge in [0, 0.05) is 35.5 Å². The second kappa shape index (κ2) is 6.17. The lowest BCUT2D eigenvalue weighted by atomic mass is 10.1. The predicted octanol–water partition coefficient (Wildman–Crippen LogP) is 4.66. The maximum absolute atomic E-state index is 13.4. The van der Waals surface area contributed by atoms with E-state index in [4.69, 9.17) is 16.6 Å². The predicted molar refractivity (Wildman–Crippen MR) is 102 cm³/mol. The summed E-state index contributed by atoms with van der Waals surface area (Å²) in [7, 11) is 0. The minimum absolute atomic E-state index is 0.281. The minimum atomic E-state index is -0.281. The molecular formula is C20H13ClFN5. The summed E-state index contributed by atoms with van der Waals surface area (Å²) in [5, 5.41) is 0.611. The number of aromatic nitrogens is 5. The lowest BCUT2D eigenvalue weighted by molar-refractivity contribution is 0.628. The molecule has 5 nitrogen and oxygen atoms in total. The Bertz CT molecular complexity index is 1240. The first-order valence-corrected chi connectivity index (χ1v) is 8.76. The first kappa shape index (κ1) is 16.0. The minimum Gasteiger partial charge on any atom is -0.342 e. The summed E-state index contributed by atoms with van der Waals surface area (Å²) >= 11 is 6.13. The highest BCUT2D eigenvalue weighted by Crippen LogP contribution is 2.28. The van der Waals surface area contributed by atoms with E-state index < -0.39 is 0 Å². The second-order valence-corrected chi connectivity index (χ2v) is 6.68. The third-order valence-corrected chi connectivity index (χ3v) is 4.71. The van der Waals surface area contributed by atoms with Gasteiger partial charge in [-0.05, 0) is 36.4 Å². The van der Waals surface area contributed by atoms with Crippen molar-refractivity contribution in [1.82, 2.24) is 24.3 Å². The number of imidazole rings is 2. The largest absolute Gasteiger partial charge is 0.342 e. The second-order valence-electron chi connectivity index (χ2n) is 6.24. The van der Waals surface area contributed by atoms with Gasteiger partial charge in [0.15, 0.2) is 0 Å². The fraction of sp³-hybridized carbons (Fsp3) is 0.0500. The van der Waals surface area contributed by atoms with Crippen LogP contribution in [0.2, 0.25) is 5.02 Å². The molecule has 0 fully saturated rings. The Hall–Kier alpha value is -3.25. The highest BCUT2D eigenvalue weighted by Gasteiger charge is 2.16. The van der Waals surface area contributed by atoms with Crippen LogP contribution in [-0.2, 0) is 6.42 Å². The normalized spacial score (nSPS) is 11.5. The fourth-order valence-electron chi connectivity index (χ4n) is 3.23. The van der Waals surface area contributed by atoms with Gasteiger partial charge in [0.05, 0.1) is 23.1 Å². The Morgan fingerprint density at radius 2 is 1.93 bits per heavy atom. The van der Waals surface area contributed by atoms with Crippen LogP contribution < -0.4 is 0 Å². The van der Waals surface area contributed by atoms with Gasteiger partial charge in [-0.2, -0.15) is 0 Å². The molecule has 0 bridgehead atoms. The van der Waals surface area contributed by atoms with Crippen LogP contribution in [0.1, 0.15) is 11.5 Å². The average molecular weight is 378 g/mol. The zero-order valence-corrected chi connectivity index (χ0v) is 14.8. The number of benzene rings is 1. The lowest BCUT2D eigenvalue weighted by Gasteiger charge is -2.04. The number of fused-ring (bicyclic) bond motifs is 2. The van der Waals surface area contributed by atoms with Gasteiger partial charge in [-0.15, -0.1) is 0 Å². The quantitative estimate of drug-likeness (QED) is 0.497. The molecule has 4 aromatic heterocycles. The number of nitrogens with zero attached hydrogens (tertiary/aromatic N) is 4. The van der Waals surface area contributed by atoms with Crippen LogP contribution in [0, 0.1) is 5.82 Å². The third kappa shape index (κ3) is 2.84. The summed E-state index contributed by atoms with van der Waals surface area (Å²) in [6.45, 7) is 0. The van der Waals surface area contributed by atoms with Crippen molar-refractivity contribution in [3.8, 4) is 11.3 Å². The van der Waals surface area contributed by atoms with Gasteiger partial charge < -0.3 is 9.38 Å². The Morgan fingerprint density at radius 1 is 1.07 bits per heavy atom. The van der Waals surface area contributed by atoms with E-state index in [0.717, 1.165) is 39.5 Å². The van der Waals surface area contributed by atoms with E-state index in [0.29, 0.717) is 11.4 Å². The molecule has 1 aromatic carbocycles. The van der Waals surface area contributed by atoms with Crippen LogP contribution in [0.4, 0.5) is 4.39 Å². The molecule has 5 aromatic rings. The summed E-state index contributed by atoms with van der Waals surface area (Å²) in [5.41, 5.74) is 5.03. The number of rotatable bonds is 3. The maximum Gasteiger partial charge on any atom is 0.139 e. The van der Waals surface area contributed by atoms with E-state index in [2.05, 4.69) is 15.0 Å². The summed E-state index contributed by atoms with van der Waals surface area (Å²) in [4.78, 5) is 16.8. The molecular weight excluding hydrogens is 365 g/mol. The van der Waals surface area contributed by atoms with Crippen LogP contribution in [0.15, 0.2) is 61.1 Å². The van der Waals surface area contributed by atoms with Crippen molar-refractivity contribution in [2.45, 2.75) is 6.42 Å². The van der Waals surface area contributed by atoms with Crippen LogP contribution in [0.5, 0.6) is 0 Å². The van der Waals surface area contributed by atoms with Gasteiger partial charge in [-0.25, -0.2) is 14.4 Å².